The van der Waals surface area contributed by atoms with E-state index >= 15 is 0 Å². The Labute approximate surface area is 161 Å². The number of ether oxygens (including phenoxy) is 2. The molecule has 152 valence electrons. The summed E-state index contributed by atoms with van der Waals surface area (Å²) in [4.78, 5) is 26.4. The Morgan fingerprint density at radius 3 is 2.78 bits per heavy atom. The van der Waals surface area contributed by atoms with Crippen molar-refractivity contribution in [3.63, 3.8) is 0 Å². The Morgan fingerprint density at radius 2 is 1.96 bits per heavy atom. The highest BCUT2D eigenvalue weighted by Gasteiger charge is 2.69. The fourth-order valence-electron chi connectivity index (χ4n) is 6.46. The van der Waals surface area contributed by atoms with Crippen molar-refractivity contribution in [2.24, 2.45) is 23.7 Å². The lowest BCUT2D eigenvalue weighted by atomic mass is 9.57. The topological polar surface area (TPSA) is 57.2 Å². The third kappa shape index (κ3) is 2.70. The van der Waals surface area contributed by atoms with E-state index < -0.39 is 17.7 Å². The number of carbonyl (C=O) groups excluding carboxylic acids is 1. The number of nitrogens with zero attached hydrogens (tertiary/aromatic N) is 1. The van der Waals surface area contributed by atoms with Crippen LogP contribution in [-0.4, -0.2) is 47.7 Å². The molecule has 1 amide bonds. The quantitative estimate of drug-likeness (QED) is 0.690. The van der Waals surface area contributed by atoms with E-state index in [1.807, 2.05) is 11.8 Å². The van der Waals surface area contributed by atoms with Gasteiger partial charge in [0.05, 0.1) is 6.10 Å². The molecule has 0 N–H and O–H groups in total. The first-order chi connectivity index (χ1) is 12.9. The number of fused-ring (bicyclic) bond motifs is 2. The molecule has 27 heavy (non-hydrogen) atoms. The summed E-state index contributed by atoms with van der Waals surface area (Å²) in [6, 6.07) is 0. The maximum Gasteiger partial charge on any atom is 0.222 e. The zero-order valence-electron chi connectivity index (χ0n) is 16.8. The van der Waals surface area contributed by atoms with Crippen LogP contribution < -0.4 is 0 Å². The summed E-state index contributed by atoms with van der Waals surface area (Å²) in [6.45, 7) is 8.08. The van der Waals surface area contributed by atoms with E-state index in [0.29, 0.717) is 36.6 Å². The van der Waals surface area contributed by atoms with Crippen LogP contribution in [0.5, 0.6) is 0 Å². The van der Waals surface area contributed by atoms with Gasteiger partial charge in [-0.2, -0.15) is 0 Å². The van der Waals surface area contributed by atoms with Gasteiger partial charge in [0, 0.05) is 31.8 Å². The van der Waals surface area contributed by atoms with Crippen molar-refractivity contribution >= 4 is 5.91 Å². The Morgan fingerprint density at radius 1 is 1.11 bits per heavy atom. The summed E-state index contributed by atoms with van der Waals surface area (Å²) in [5.74, 6) is 1.15. The van der Waals surface area contributed by atoms with Gasteiger partial charge >= 0.3 is 0 Å². The van der Waals surface area contributed by atoms with Crippen LogP contribution >= 0.6 is 0 Å². The van der Waals surface area contributed by atoms with Gasteiger partial charge in [-0.25, -0.2) is 9.78 Å². The number of amides is 1. The highest BCUT2D eigenvalue weighted by molar-refractivity contribution is 5.76. The minimum absolute atomic E-state index is 0.00622. The van der Waals surface area contributed by atoms with Crippen LogP contribution in [0.15, 0.2) is 0 Å². The first-order valence-corrected chi connectivity index (χ1v) is 10.9. The van der Waals surface area contributed by atoms with E-state index in [2.05, 4.69) is 13.8 Å². The lowest BCUT2D eigenvalue weighted by molar-refractivity contribution is -0.571. The van der Waals surface area contributed by atoms with E-state index in [9.17, 15) is 4.79 Å². The summed E-state index contributed by atoms with van der Waals surface area (Å²) < 4.78 is 13.0. The van der Waals surface area contributed by atoms with Crippen molar-refractivity contribution < 1.29 is 24.0 Å². The molecule has 1 saturated carbocycles. The predicted molar refractivity (Wildman–Crippen MR) is 97.3 cm³/mol. The summed E-state index contributed by atoms with van der Waals surface area (Å²) in [5, 5.41) is 0. The second-order valence-corrected chi connectivity index (χ2v) is 9.74. The van der Waals surface area contributed by atoms with Crippen molar-refractivity contribution in [3.05, 3.63) is 0 Å². The van der Waals surface area contributed by atoms with Crippen molar-refractivity contribution in [2.45, 2.75) is 89.5 Å². The largest absolute Gasteiger partial charge is 0.344 e. The number of piperidine rings is 1. The van der Waals surface area contributed by atoms with Gasteiger partial charge in [-0.3, -0.25) is 4.79 Å². The SMILES string of the molecule is C[C@H]1[C@@H](CN2CCCCC2=O)O[C@@H]2O[C@@]3(C)CC[C@H]4[C@H](C)CC[C@@H]1[C@@]24OO3. The van der Waals surface area contributed by atoms with Gasteiger partial charge in [-0.05, 0) is 56.8 Å². The average Bonchev–Trinajstić information content (AvgIpc) is 2.87. The normalized spacial score (nSPS) is 52.4. The molecule has 8 atom stereocenters. The fraction of sp³-hybridized carbons (Fsp3) is 0.952. The van der Waals surface area contributed by atoms with Crippen LogP contribution in [0.2, 0.25) is 0 Å². The Kier molecular flexibility index (Phi) is 4.35. The second kappa shape index (κ2) is 6.41. The van der Waals surface area contributed by atoms with Gasteiger partial charge in [0.1, 0.15) is 0 Å². The van der Waals surface area contributed by atoms with Gasteiger partial charge in [-0.15, -0.1) is 0 Å². The standard InChI is InChI=1S/C21H33NO5/c1-13-7-8-16-14(2)17(12-22-11-5-4-6-18(22)23)24-19-21(16)15(13)9-10-20(3,25-19)26-27-21/h13-17,19H,4-12H2,1-3H3/t13-,14-,15+,16+,17-,19-,20-,21-/m1/s1. The molecule has 5 heterocycles. The number of carbonyl (C=O) groups is 1. The minimum Gasteiger partial charge on any atom is -0.344 e. The first-order valence-electron chi connectivity index (χ1n) is 10.9. The van der Waals surface area contributed by atoms with E-state index in [0.717, 1.165) is 38.6 Å². The van der Waals surface area contributed by atoms with Crippen LogP contribution in [-0.2, 0) is 24.0 Å². The number of rotatable bonds is 2. The summed E-state index contributed by atoms with van der Waals surface area (Å²) in [6.07, 6.45) is 6.56. The van der Waals surface area contributed by atoms with Crippen LogP contribution in [0.3, 0.4) is 0 Å². The van der Waals surface area contributed by atoms with Gasteiger partial charge in [0.15, 0.2) is 11.9 Å². The molecular formula is C21H33NO5. The molecule has 6 nitrogen and oxygen atoms in total. The van der Waals surface area contributed by atoms with Crippen LogP contribution in [0.25, 0.3) is 0 Å². The molecule has 6 heteroatoms. The van der Waals surface area contributed by atoms with Crippen LogP contribution in [0, 0.1) is 23.7 Å². The first kappa shape index (κ1) is 18.3. The van der Waals surface area contributed by atoms with E-state index in [1.54, 1.807) is 0 Å². The molecule has 1 spiro atoms. The van der Waals surface area contributed by atoms with Crippen molar-refractivity contribution in [2.75, 3.05) is 13.1 Å². The molecule has 1 aliphatic carbocycles. The van der Waals surface area contributed by atoms with E-state index in [1.165, 1.54) is 6.42 Å². The molecule has 0 aromatic carbocycles. The molecule has 5 saturated heterocycles. The second-order valence-electron chi connectivity index (χ2n) is 9.74. The molecule has 0 radical (unpaired) electrons. The smallest absolute Gasteiger partial charge is 0.222 e. The van der Waals surface area contributed by atoms with Crippen LogP contribution in [0.1, 0.15) is 65.7 Å². The van der Waals surface area contributed by atoms with E-state index in [-0.39, 0.29) is 12.0 Å². The number of hydrogen-bond donors (Lipinski definition) is 0. The van der Waals surface area contributed by atoms with Gasteiger partial charge in [0.25, 0.3) is 0 Å². The maximum absolute atomic E-state index is 12.3. The molecule has 0 aromatic rings. The molecule has 2 bridgehead atoms. The number of likely N-dealkylation sites (tertiary alicyclic amines) is 1. The summed E-state index contributed by atoms with van der Waals surface area (Å²) in [7, 11) is 0. The zero-order chi connectivity index (χ0) is 18.8. The molecular weight excluding hydrogens is 346 g/mol. The number of hydrogen-bond acceptors (Lipinski definition) is 5. The van der Waals surface area contributed by atoms with Gasteiger partial charge in [0.2, 0.25) is 11.7 Å². The average molecular weight is 379 g/mol. The van der Waals surface area contributed by atoms with Gasteiger partial charge in [-0.1, -0.05) is 13.8 Å². The minimum atomic E-state index is -0.733. The maximum atomic E-state index is 12.3. The highest BCUT2D eigenvalue weighted by atomic mass is 17.3. The highest BCUT2D eigenvalue weighted by Crippen LogP contribution is 2.60. The lowest BCUT2D eigenvalue weighted by Crippen LogP contribution is -2.71. The molecule has 0 unspecified atom stereocenters. The Balaban J connectivity index is 1.45. The molecule has 6 aliphatic rings. The molecule has 5 aliphatic heterocycles. The third-order valence-electron chi connectivity index (χ3n) is 8.12. The van der Waals surface area contributed by atoms with Crippen molar-refractivity contribution in [3.8, 4) is 0 Å². The summed E-state index contributed by atoms with van der Waals surface area (Å²) in [5.41, 5.74) is -0.504. The zero-order valence-corrected chi connectivity index (χ0v) is 16.8. The molecule has 6 rings (SSSR count). The third-order valence-corrected chi connectivity index (χ3v) is 8.12. The predicted octanol–water partition coefficient (Wildman–Crippen LogP) is 3.25. The Hall–Kier alpha value is -0.690. The van der Waals surface area contributed by atoms with Crippen LogP contribution in [0.4, 0.5) is 0 Å². The van der Waals surface area contributed by atoms with Crippen molar-refractivity contribution in [1.29, 1.82) is 0 Å². The van der Waals surface area contributed by atoms with E-state index in [4.69, 9.17) is 19.2 Å². The fourth-order valence-corrected chi connectivity index (χ4v) is 6.46. The Bertz CT molecular complexity index is 613. The summed E-state index contributed by atoms with van der Waals surface area (Å²) >= 11 is 0. The van der Waals surface area contributed by atoms with Crippen molar-refractivity contribution in [1.82, 2.24) is 4.90 Å². The molecule has 6 fully saturated rings. The monoisotopic (exact) mass is 379 g/mol. The molecule has 0 aromatic heterocycles. The lowest BCUT2D eigenvalue weighted by Gasteiger charge is -2.60. The van der Waals surface area contributed by atoms with Gasteiger partial charge < -0.3 is 14.4 Å².